The number of rotatable bonds is 5. The summed E-state index contributed by atoms with van der Waals surface area (Å²) in [6.45, 7) is 9.12. The molecule has 0 bridgehead atoms. The summed E-state index contributed by atoms with van der Waals surface area (Å²) >= 11 is 0. The van der Waals surface area contributed by atoms with Gasteiger partial charge in [-0.3, -0.25) is 4.79 Å². The molecule has 0 radical (unpaired) electrons. The molecule has 33 heavy (non-hydrogen) atoms. The summed E-state index contributed by atoms with van der Waals surface area (Å²) in [5.41, 5.74) is 4.26. The van der Waals surface area contributed by atoms with Gasteiger partial charge in [-0.2, -0.15) is 5.26 Å². The fourth-order valence-corrected chi connectivity index (χ4v) is 5.05. The van der Waals surface area contributed by atoms with E-state index in [0.717, 1.165) is 61.6 Å². The Balaban J connectivity index is 1.68. The number of H-pyrrole nitrogens is 1. The number of nitrogens with zero attached hydrogens (tertiary/aromatic N) is 2. The number of carbonyl (C=O) groups excluding carboxylic acids is 1. The number of carbonyl (C=O) groups is 1. The van der Waals surface area contributed by atoms with Crippen LogP contribution in [-0.2, 0) is 12.0 Å². The van der Waals surface area contributed by atoms with Gasteiger partial charge in [-0.15, -0.1) is 0 Å². The second-order valence-electron chi connectivity index (χ2n) is 11.5. The summed E-state index contributed by atoms with van der Waals surface area (Å²) in [7, 11) is 0. The standard InChI is InChI=1S/C28H35N3O2/c1-26(2)9-7-19(8-10-26)23-16-21(28(33)13-11-27(3,4)12-14-28)6-5-20(23)15-24(32)25-30-18-22(17-29)31-25/h5-7,16,18,33H,8-15H2,1-4H3,(H,30,31). The van der Waals surface area contributed by atoms with Crippen LogP contribution >= 0.6 is 0 Å². The molecule has 1 aromatic heterocycles. The average Bonchev–Trinajstić information content (AvgIpc) is 3.26. The number of allylic oxidation sites excluding steroid dienone is 2. The predicted molar refractivity (Wildman–Crippen MR) is 130 cm³/mol. The van der Waals surface area contributed by atoms with Crippen molar-refractivity contribution in [2.75, 3.05) is 0 Å². The number of aromatic nitrogens is 2. The Morgan fingerprint density at radius 1 is 1.12 bits per heavy atom. The number of aliphatic hydroxyl groups is 1. The van der Waals surface area contributed by atoms with Crippen LogP contribution in [0.2, 0.25) is 0 Å². The van der Waals surface area contributed by atoms with Crippen LogP contribution in [-0.4, -0.2) is 20.9 Å². The SMILES string of the molecule is CC1(C)CC=C(c2cc(C3(O)CCC(C)(C)CC3)ccc2CC(=O)c2ncc(C#N)[nH]2)CC1. The number of hydrogen-bond donors (Lipinski definition) is 2. The summed E-state index contributed by atoms with van der Waals surface area (Å²) in [5, 5.41) is 20.6. The van der Waals surface area contributed by atoms with Gasteiger partial charge in [0.15, 0.2) is 5.82 Å². The summed E-state index contributed by atoms with van der Waals surface area (Å²) in [5.74, 6) is 0.0776. The van der Waals surface area contributed by atoms with Crippen molar-refractivity contribution >= 4 is 11.4 Å². The van der Waals surface area contributed by atoms with Crippen molar-refractivity contribution in [3.63, 3.8) is 0 Å². The zero-order valence-corrected chi connectivity index (χ0v) is 20.3. The molecule has 2 aliphatic carbocycles. The van der Waals surface area contributed by atoms with Gasteiger partial charge in [-0.05, 0) is 84.1 Å². The molecule has 0 aliphatic heterocycles. The molecular weight excluding hydrogens is 410 g/mol. The first-order valence-corrected chi connectivity index (χ1v) is 12.0. The molecule has 0 unspecified atom stereocenters. The van der Waals surface area contributed by atoms with Gasteiger partial charge < -0.3 is 10.1 Å². The van der Waals surface area contributed by atoms with E-state index in [4.69, 9.17) is 5.26 Å². The Kier molecular flexibility index (Phi) is 6.09. The smallest absolute Gasteiger partial charge is 0.202 e. The van der Waals surface area contributed by atoms with Crippen LogP contribution in [0.25, 0.3) is 5.57 Å². The third kappa shape index (κ3) is 5.12. The van der Waals surface area contributed by atoms with Crippen molar-refractivity contribution in [2.24, 2.45) is 10.8 Å². The number of aromatic amines is 1. The highest BCUT2D eigenvalue weighted by Gasteiger charge is 2.38. The molecule has 1 aromatic carbocycles. The second-order valence-corrected chi connectivity index (χ2v) is 11.5. The minimum atomic E-state index is -0.815. The molecule has 2 aromatic rings. The molecule has 2 N–H and O–H groups in total. The minimum Gasteiger partial charge on any atom is -0.385 e. The molecule has 1 fully saturated rings. The van der Waals surface area contributed by atoms with E-state index in [1.807, 2.05) is 18.2 Å². The van der Waals surface area contributed by atoms with Crippen LogP contribution in [0.5, 0.6) is 0 Å². The summed E-state index contributed by atoms with van der Waals surface area (Å²) in [4.78, 5) is 19.8. The van der Waals surface area contributed by atoms with Gasteiger partial charge in [-0.1, -0.05) is 45.9 Å². The lowest BCUT2D eigenvalue weighted by atomic mass is 9.68. The largest absolute Gasteiger partial charge is 0.385 e. The van der Waals surface area contributed by atoms with Gasteiger partial charge in [0.25, 0.3) is 0 Å². The monoisotopic (exact) mass is 445 g/mol. The van der Waals surface area contributed by atoms with Gasteiger partial charge in [-0.25, -0.2) is 4.98 Å². The van der Waals surface area contributed by atoms with Crippen molar-refractivity contribution in [1.82, 2.24) is 9.97 Å². The van der Waals surface area contributed by atoms with Crippen molar-refractivity contribution in [3.05, 3.63) is 58.7 Å². The molecular formula is C28H35N3O2. The zero-order chi connectivity index (χ0) is 23.9. The van der Waals surface area contributed by atoms with Crippen molar-refractivity contribution < 1.29 is 9.90 Å². The van der Waals surface area contributed by atoms with E-state index in [0.29, 0.717) is 0 Å². The molecule has 4 rings (SSSR count). The van der Waals surface area contributed by atoms with Crippen LogP contribution in [0.3, 0.4) is 0 Å². The maximum absolute atomic E-state index is 12.9. The van der Waals surface area contributed by atoms with Gasteiger partial charge in [0, 0.05) is 6.42 Å². The number of nitrogens with one attached hydrogen (secondary N) is 1. The predicted octanol–water partition coefficient (Wildman–Crippen LogP) is 6.09. The molecule has 0 spiro atoms. The number of Topliss-reactive ketones (excluding diaryl/α,β-unsaturated/α-hetero) is 1. The third-order valence-electron chi connectivity index (χ3n) is 7.71. The molecule has 1 heterocycles. The first kappa shape index (κ1) is 23.4. The lowest BCUT2D eigenvalue weighted by Gasteiger charge is -2.41. The molecule has 5 nitrogen and oxygen atoms in total. The number of ketones is 1. The average molecular weight is 446 g/mol. The van der Waals surface area contributed by atoms with Gasteiger partial charge >= 0.3 is 0 Å². The van der Waals surface area contributed by atoms with Gasteiger partial charge in [0.1, 0.15) is 11.8 Å². The first-order valence-electron chi connectivity index (χ1n) is 12.0. The maximum atomic E-state index is 12.9. The van der Waals surface area contributed by atoms with Gasteiger partial charge in [0.2, 0.25) is 5.78 Å². The molecule has 174 valence electrons. The summed E-state index contributed by atoms with van der Waals surface area (Å²) < 4.78 is 0. The highest BCUT2D eigenvalue weighted by molar-refractivity contribution is 5.95. The highest BCUT2D eigenvalue weighted by Crippen LogP contribution is 2.46. The second kappa shape index (κ2) is 8.57. The Bertz CT molecular complexity index is 1120. The summed E-state index contributed by atoms with van der Waals surface area (Å²) in [6, 6.07) is 8.13. The highest BCUT2D eigenvalue weighted by atomic mass is 16.3. The molecule has 0 saturated heterocycles. The number of hydrogen-bond acceptors (Lipinski definition) is 4. The Morgan fingerprint density at radius 3 is 2.45 bits per heavy atom. The lowest BCUT2D eigenvalue weighted by molar-refractivity contribution is -0.0305. The Morgan fingerprint density at radius 2 is 1.85 bits per heavy atom. The zero-order valence-electron chi connectivity index (χ0n) is 20.3. The van der Waals surface area contributed by atoms with E-state index < -0.39 is 5.60 Å². The van der Waals surface area contributed by atoms with E-state index in [9.17, 15) is 9.90 Å². The number of nitriles is 1. The number of benzene rings is 1. The topological polar surface area (TPSA) is 89.8 Å². The fourth-order valence-electron chi connectivity index (χ4n) is 5.05. The van der Waals surface area contributed by atoms with Gasteiger partial charge in [0.05, 0.1) is 11.8 Å². The van der Waals surface area contributed by atoms with Crippen LogP contribution < -0.4 is 0 Å². The fraction of sp³-hybridized carbons (Fsp3) is 0.536. The normalized spacial score (nSPS) is 21.2. The molecule has 0 atom stereocenters. The Hall–Kier alpha value is -2.71. The van der Waals surface area contributed by atoms with E-state index in [2.05, 4.69) is 49.8 Å². The maximum Gasteiger partial charge on any atom is 0.202 e. The lowest BCUT2D eigenvalue weighted by Crippen LogP contribution is -2.34. The van der Waals surface area contributed by atoms with Crippen molar-refractivity contribution in [3.8, 4) is 6.07 Å². The van der Waals surface area contributed by atoms with E-state index in [1.54, 1.807) is 0 Å². The minimum absolute atomic E-state index is 0.139. The summed E-state index contributed by atoms with van der Waals surface area (Å²) in [6.07, 6.45) is 10.5. The molecule has 5 heteroatoms. The first-order chi connectivity index (χ1) is 15.5. The third-order valence-corrected chi connectivity index (χ3v) is 7.71. The Labute approximate surface area is 196 Å². The molecule has 1 saturated carbocycles. The van der Waals surface area contributed by atoms with E-state index in [1.165, 1.54) is 11.8 Å². The van der Waals surface area contributed by atoms with Crippen LogP contribution in [0.1, 0.15) is 106 Å². The van der Waals surface area contributed by atoms with E-state index in [-0.39, 0.29) is 34.6 Å². The van der Waals surface area contributed by atoms with Crippen LogP contribution in [0, 0.1) is 22.2 Å². The molecule has 0 amide bonds. The van der Waals surface area contributed by atoms with Crippen LogP contribution in [0.4, 0.5) is 0 Å². The van der Waals surface area contributed by atoms with Crippen molar-refractivity contribution in [1.29, 1.82) is 5.26 Å². The van der Waals surface area contributed by atoms with E-state index >= 15 is 0 Å². The van der Waals surface area contributed by atoms with Crippen molar-refractivity contribution in [2.45, 2.75) is 84.7 Å². The quantitative estimate of drug-likeness (QED) is 0.545. The number of imidazole rings is 1. The molecule has 2 aliphatic rings. The van der Waals surface area contributed by atoms with Crippen LogP contribution in [0.15, 0.2) is 30.5 Å².